The van der Waals surface area contributed by atoms with Crippen molar-refractivity contribution in [2.24, 2.45) is 17.1 Å². The zero-order valence-electron chi connectivity index (χ0n) is 17.5. The molecular formula is C23H22FN5O2. The fourth-order valence-corrected chi connectivity index (χ4v) is 4.23. The number of rotatable bonds is 1. The van der Waals surface area contributed by atoms with Gasteiger partial charge >= 0.3 is 6.09 Å². The Kier molecular flexibility index (Phi) is 5.49. The van der Waals surface area contributed by atoms with E-state index in [0.717, 1.165) is 0 Å². The summed E-state index contributed by atoms with van der Waals surface area (Å²) >= 11 is 0. The fourth-order valence-electron chi connectivity index (χ4n) is 4.23. The number of halogens is 1. The quantitative estimate of drug-likeness (QED) is 0.742. The average Bonchev–Trinajstić information content (AvgIpc) is 2.72. The SMILES string of the molecule is CC(C)(C)OC(=O)N1CC=C2C(C#N)=C(N)C(C#N)(C#N)[C@H](c3ccccc3F)[C@H]2C1. The van der Waals surface area contributed by atoms with Crippen LogP contribution in [0.25, 0.3) is 0 Å². The molecule has 0 saturated heterocycles. The summed E-state index contributed by atoms with van der Waals surface area (Å²) in [4.78, 5) is 14.1. The van der Waals surface area contributed by atoms with Crippen molar-refractivity contribution < 1.29 is 13.9 Å². The van der Waals surface area contributed by atoms with E-state index in [0.29, 0.717) is 5.57 Å². The zero-order chi connectivity index (χ0) is 23.0. The minimum absolute atomic E-state index is 0.0320. The Balaban J connectivity index is 2.21. The predicted molar refractivity (Wildman–Crippen MR) is 109 cm³/mol. The monoisotopic (exact) mass is 419 g/mol. The van der Waals surface area contributed by atoms with E-state index in [1.807, 2.05) is 18.2 Å². The van der Waals surface area contributed by atoms with Crippen molar-refractivity contribution in [2.45, 2.75) is 32.3 Å². The van der Waals surface area contributed by atoms with Crippen LogP contribution in [-0.2, 0) is 4.74 Å². The van der Waals surface area contributed by atoms with Crippen molar-refractivity contribution in [2.75, 3.05) is 13.1 Å². The number of amides is 1. The van der Waals surface area contributed by atoms with Crippen LogP contribution in [0, 0.1) is 51.1 Å². The average molecular weight is 419 g/mol. The van der Waals surface area contributed by atoms with Crippen LogP contribution in [0.4, 0.5) is 9.18 Å². The smallest absolute Gasteiger partial charge is 0.410 e. The van der Waals surface area contributed by atoms with E-state index < -0.39 is 34.8 Å². The Morgan fingerprint density at radius 3 is 2.45 bits per heavy atom. The maximum absolute atomic E-state index is 14.9. The van der Waals surface area contributed by atoms with E-state index in [4.69, 9.17) is 10.5 Å². The van der Waals surface area contributed by atoms with Gasteiger partial charge in [0.25, 0.3) is 0 Å². The largest absolute Gasteiger partial charge is 0.444 e. The standard InChI is InChI=1S/C23H22FN5O2/c1-22(2,3)31-21(30)29-9-8-14-16(10-25)20(28)23(12-26,13-27)19(17(14)11-29)15-6-4-5-7-18(15)24/h4-8,17,19H,9,11,28H2,1-3H3/t17-,19+/m0/s1. The van der Waals surface area contributed by atoms with Crippen molar-refractivity contribution in [1.82, 2.24) is 4.90 Å². The molecule has 0 fully saturated rings. The van der Waals surface area contributed by atoms with Crippen molar-refractivity contribution in [1.29, 1.82) is 15.8 Å². The maximum Gasteiger partial charge on any atom is 0.410 e. The number of carbonyl (C=O) groups excluding carboxylic acids is 1. The van der Waals surface area contributed by atoms with Gasteiger partial charge in [-0.2, -0.15) is 15.8 Å². The van der Waals surface area contributed by atoms with Gasteiger partial charge in [0.15, 0.2) is 5.41 Å². The first kappa shape index (κ1) is 21.9. The summed E-state index contributed by atoms with van der Waals surface area (Å²) in [6.45, 7) is 5.43. The molecule has 0 spiro atoms. The van der Waals surface area contributed by atoms with Crippen molar-refractivity contribution in [3.8, 4) is 18.2 Å². The Morgan fingerprint density at radius 2 is 1.90 bits per heavy atom. The van der Waals surface area contributed by atoms with Crippen molar-refractivity contribution in [3.05, 3.63) is 58.6 Å². The summed E-state index contributed by atoms with van der Waals surface area (Å²) in [5.41, 5.74) is 3.99. The molecule has 1 aromatic rings. The van der Waals surface area contributed by atoms with Gasteiger partial charge in [0.05, 0.1) is 23.4 Å². The maximum atomic E-state index is 14.9. The van der Waals surface area contributed by atoms with Crippen LogP contribution in [0.2, 0.25) is 0 Å². The predicted octanol–water partition coefficient (Wildman–Crippen LogP) is 3.49. The number of nitrogens with zero attached hydrogens (tertiary/aromatic N) is 4. The van der Waals surface area contributed by atoms with E-state index in [9.17, 15) is 25.0 Å². The minimum Gasteiger partial charge on any atom is -0.444 e. The first-order valence-electron chi connectivity index (χ1n) is 9.75. The lowest BCUT2D eigenvalue weighted by atomic mass is 9.58. The number of hydrogen-bond donors (Lipinski definition) is 1. The normalized spacial score (nSPS) is 22.4. The van der Waals surface area contributed by atoms with Crippen LogP contribution in [-0.4, -0.2) is 29.7 Å². The van der Waals surface area contributed by atoms with Crippen LogP contribution < -0.4 is 5.73 Å². The molecule has 1 amide bonds. The van der Waals surface area contributed by atoms with Gasteiger partial charge in [-0.25, -0.2) is 9.18 Å². The lowest BCUT2D eigenvalue weighted by molar-refractivity contribution is 0.0224. The number of hydrogen-bond acceptors (Lipinski definition) is 6. The molecular weight excluding hydrogens is 397 g/mol. The van der Waals surface area contributed by atoms with E-state index in [1.165, 1.54) is 23.1 Å². The molecule has 1 aliphatic carbocycles. The third-order valence-electron chi connectivity index (χ3n) is 5.56. The third kappa shape index (κ3) is 3.60. The summed E-state index contributed by atoms with van der Waals surface area (Å²) < 4.78 is 20.3. The zero-order valence-corrected chi connectivity index (χ0v) is 17.5. The lowest BCUT2D eigenvalue weighted by Crippen LogP contribution is -2.50. The van der Waals surface area contributed by atoms with Gasteiger partial charge in [0.2, 0.25) is 0 Å². The van der Waals surface area contributed by atoms with Crippen LogP contribution in [0.3, 0.4) is 0 Å². The molecule has 8 heteroatoms. The van der Waals surface area contributed by atoms with Crippen LogP contribution >= 0.6 is 0 Å². The molecule has 2 N–H and O–H groups in total. The second kappa shape index (κ2) is 7.78. The van der Waals surface area contributed by atoms with Crippen molar-refractivity contribution >= 4 is 6.09 Å². The highest BCUT2D eigenvalue weighted by Gasteiger charge is 2.55. The molecule has 0 bridgehead atoms. The van der Waals surface area contributed by atoms with Crippen LogP contribution in [0.5, 0.6) is 0 Å². The van der Waals surface area contributed by atoms with E-state index in [1.54, 1.807) is 32.9 Å². The Hall–Kier alpha value is -3.83. The topological polar surface area (TPSA) is 127 Å². The fraction of sp³-hybridized carbons (Fsp3) is 0.391. The molecule has 7 nitrogen and oxygen atoms in total. The van der Waals surface area contributed by atoms with Gasteiger partial charge in [-0.05, 0) is 38.0 Å². The van der Waals surface area contributed by atoms with Gasteiger partial charge < -0.3 is 15.4 Å². The molecule has 2 aliphatic rings. The highest BCUT2D eigenvalue weighted by atomic mass is 19.1. The molecule has 1 aliphatic heterocycles. The van der Waals surface area contributed by atoms with Gasteiger partial charge in [0.1, 0.15) is 17.5 Å². The minimum atomic E-state index is -1.97. The number of benzene rings is 1. The first-order chi connectivity index (χ1) is 14.6. The van der Waals surface area contributed by atoms with Crippen molar-refractivity contribution in [3.63, 3.8) is 0 Å². The number of allylic oxidation sites excluding steroid dienone is 2. The third-order valence-corrected chi connectivity index (χ3v) is 5.56. The number of carbonyl (C=O) groups is 1. The summed E-state index contributed by atoms with van der Waals surface area (Å²) in [7, 11) is 0. The van der Waals surface area contributed by atoms with E-state index in [2.05, 4.69) is 0 Å². The van der Waals surface area contributed by atoms with E-state index in [-0.39, 0.29) is 29.9 Å². The molecule has 3 rings (SSSR count). The second-order valence-corrected chi connectivity index (χ2v) is 8.58. The summed E-state index contributed by atoms with van der Waals surface area (Å²) in [6, 6.07) is 11.8. The number of nitrogens with two attached hydrogens (primary N) is 1. The number of ether oxygens (including phenoxy) is 1. The molecule has 0 aromatic heterocycles. The molecule has 1 aromatic carbocycles. The highest BCUT2D eigenvalue weighted by molar-refractivity contribution is 5.70. The lowest BCUT2D eigenvalue weighted by Gasteiger charge is -2.45. The van der Waals surface area contributed by atoms with E-state index >= 15 is 0 Å². The van der Waals surface area contributed by atoms with Crippen LogP contribution in [0.1, 0.15) is 32.3 Å². The summed E-state index contributed by atoms with van der Waals surface area (Å²) in [5, 5.41) is 29.8. The Labute approximate surface area is 180 Å². The van der Waals surface area contributed by atoms with Gasteiger partial charge in [0, 0.05) is 24.9 Å². The molecule has 158 valence electrons. The molecule has 0 unspecified atom stereocenters. The number of fused-ring (bicyclic) bond motifs is 1. The first-order valence-corrected chi connectivity index (χ1v) is 9.75. The Morgan fingerprint density at radius 1 is 1.26 bits per heavy atom. The summed E-state index contributed by atoms with van der Waals surface area (Å²) in [6.07, 6.45) is 1.09. The molecule has 0 saturated carbocycles. The summed E-state index contributed by atoms with van der Waals surface area (Å²) in [5.74, 6) is -2.30. The molecule has 31 heavy (non-hydrogen) atoms. The molecule has 2 atom stereocenters. The Bertz CT molecular complexity index is 1100. The van der Waals surface area contributed by atoms with Gasteiger partial charge in [-0.15, -0.1) is 0 Å². The van der Waals surface area contributed by atoms with Crippen LogP contribution in [0.15, 0.2) is 47.2 Å². The number of nitriles is 3. The molecule has 0 radical (unpaired) electrons. The van der Waals surface area contributed by atoms with Gasteiger partial charge in [-0.3, -0.25) is 0 Å². The highest BCUT2D eigenvalue weighted by Crippen LogP contribution is 2.54. The second-order valence-electron chi connectivity index (χ2n) is 8.58. The molecule has 1 heterocycles. The van der Waals surface area contributed by atoms with Gasteiger partial charge in [-0.1, -0.05) is 24.3 Å².